The number of aliphatic imine (C=N–C) groups is 1. The molecule has 0 aliphatic carbocycles. The van der Waals surface area contributed by atoms with Crippen LogP contribution in [0.1, 0.15) is 31.6 Å². The predicted molar refractivity (Wildman–Crippen MR) is 92.4 cm³/mol. The minimum Gasteiger partial charge on any atom is -0.466 e. The molecule has 124 valence electrons. The van der Waals surface area contributed by atoms with Crippen molar-refractivity contribution >= 4 is 23.3 Å². The smallest absolute Gasteiger partial charge is 0.305 e. The molecule has 2 N–H and O–H groups in total. The summed E-state index contributed by atoms with van der Waals surface area (Å²) in [6.07, 6.45) is 2.25. The molecular formula is C16H27N3O2S. The first kappa shape index (κ1) is 18.5. The lowest BCUT2D eigenvalue weighted by molar-refractivity contribution is -0.143. The van der Waals surface area contributed by atoms with E-state index in [0.717, 1.165) is 25.3 Å². The summed E-state index contributed by atoms with van der Waals surface area (Å²) >= 11 is 1.80. The van der Waals surface area contributed by atoms with Gasteiger partial charge in [0.1, 0.15) is 0 Å². The Kier molecular flexibility index (Phi) is 9.30. The number of nitrogens with one attached hydrogen (secondary N) is 2. The van der Waals surface area contributed by atoms with Gasteiger partial charge < -0.3 is 15.4 Å². The standard InChI is InChI=1S/C16H27N3O2S/c1-4-21-15(20)8-5-9-18-16(17-3)19-12-13(2)11-14-7-6-10-22-14/h6-7,10,13H,4-5,8-9,11-12H2,1-3H3,(H2,17,18,19). The summed E-state index contributed by atoms with van der Waals surface area (Å²) in [4.78, 5) is 16.8. The molecule has 22 heavy (non-hydrogen) atoms. The molecule has 1 aromatic heterocycles. The quantitative estimate of drug-likeness (QED) is 0.317. The lowest BCUT2D eigenvalue weighted by Crippen LogP contribution is -2.40. The van der Waals surface area contributed by atoms with Crippen molar-refractivity contribution in [1.82, 2.24) is 10.6 Å². The maximum absolute atomic E-state index is 11.2. The number of esters is 1. The van der Waals surface area contributed by atoms with E-state index in [2.05, 4.69) is 40.1 Å². The molecule has 0 spiro atoms. The Morgan fingerprint density at radius 2 is 2.27 bits per heavy atom. The largest absolute Gasteiger partial charge is 0.466 e. The van der Waals surface area contributed by atoms with E-state index in [0.29, 0.717) is 25.5 Å². The molecule has 0 aliphatic heterocycles. The Morgan fingerprint density at radius 3 is 2.91 bits per heavy atom. The highest BCUT2D eigenvalue weighted by Gasteiger charge is 2.06. The third kappa shape index (κ3) is 8.02. The number of hydrogen-bond donors (Lipinski definition) is 2. The summed E-state index contributed by atoms with van der Waals surface area (Å²) in [6.45, 7) is 6.06. The zero-order valence-corrected chi connectivity index (χ0v) is 14.5. The van der Waals surface area contributed by atoms with Gasteiger partial charge in [-0.25, -0.2) is 0 Å². The van der Waals surface area contributed by atoms with E-state index < -0.39 is 0 Å². The number of rotatable bonds is 9. The second-order valence-corrected chi connectivity index (χ2v) is 6.21. The summed E-state index contributed by atoms with van der Waals surface area (Å²) < 4.78 is 4.89. The van der Waals surface area contributed by atoms with Crippen molar-refractivity contribution < 1.29 is 9.53 Å². The van der Waals surface area contributed by atoms with Crippen LogP contribution in [0.4, 0.5) is 0 Å². The van der Waals surface area contributed by atoms with Crippen LogP contribution in [0.15, 0.2) is 22.5 Å². The topological polar surface area (TPSA) is 62.7 Å². The van der Waals surface area contributed by atoms with Crippen molar-refractivity contribution in [2.24, 2.45) is 10.9 Å². The van der Waals surface area contributed by atoms with Gasteiger partial charge in [0, 0.05) is 31.4 Å². The number of nitrogens with zero attached hydrogens (tertiary/aromatic N) is 1. The van der Waals surface area contributed by atoms with E-state index in [4.69, 9.17) is 4.74 Å². The van der Waals surface area contributed by atoms with Crippen LogP contribution in [0.3, 0.4) is 0 Å². The van der Waals surface area contributed by atoms with Crippen LogP contribution in [0.2, 0.25) is 0 Å². The normalized spacial score (nSPS) is 12.8. The number of carbonyl (C=O) groups excluding carboxylic acids is 1. The number of guanidine groups is 1. The second-order valence-electron chi connectivity index (χ2n) is 5.18. The van der Waals surface area contributed by atoms with Gasteiger partial charge >= 0.3 is 5.97 Å². The molecule has 6 heteroatoms. The highest BCUT2D eigenvalue weighted by molar-refractivity contribution is 7.09. The van der Waals surface area contributed by atoms with Crippen molar-refractivity contribution in [2.45, 2.75) is 33.1 Å². The molecule has 1 atom stereocenters. The van der Waals surface area contributed by atoms with Gasteiger partial charge in [-0.1, -0.05) is 13.0 Å². The molecule has 0 aliphatic rings. The van der Waals surface area contributed by atoms with Gasteiger partial charge in [-0.05, 0) is 37.1 Å². The van der Waals surface area contributed by atoms with Gasteiger partial charge in [0.25, 0.3) is 0 Å². The first-order valence-corrected chi connectivity index (χ1v) is 8.66. The number of thiophene rings is 1. The molecule has 0 saturated carbocycles. The molecule has 0 amide bonds. The molecule has 0 fully saturated rings. The fourth-order valence-electron chi connectivity index (χ4n) is 2.01. The molecular weight excluding hydrogens is 298 g/mol. The first-order valence-electron chi connectivity index (χ1n) is 7.78. The van der Waals surface area contributed by atoms with Crippen LogP contribution in [-0.2, 0) is 16.0 Å². The van der Waals surface area contributed by atoms with E-state index in [1.165, 1.54) is 4.88 Å². The number of carbonyl (C=O) groups is 1. The zero-order chi connectivity index (χ0) is 16.2. The minimum absolute atomic E-state index is 0.142. The van der Waals surface area contributed by atoms with Crippen molar-refractivity contribution in [3.05, 3.63) is 22.4 Å². The summed E-state index contributed by atoms with van der Waals surface area (Å²) in [6, 6.07) is 4.26. The Labute approximate surface area is 137 Å². The number of hydrogen-bond acceptors (Lipinski definition) is 4. The Balaban J connectivity index is 2.15. The fourth-order valence-corrected chi connectivity index (χ4v) is 2.88. The zero-order valence-electron chi connectivity index (χ0n) is 13.7. The SMILES string of the molecule is CCOC(=O)CCCNC(=NC)NCC(C)Cc1cccs1. The van der Waals surface area contributed by atoms with Crippen LogP contribution >= 0.6 is 11.3 Å². The van der Waals surface area contributed by atoms with E-state index in [1.807, 2.05) is 6.92 Å². The average molecular weight is 325 g/mol. The van der Waals surface area contributed by atoms with Gasteiger partial charge in [-0.15, -0.1) is 11.3 Å². The number of ether oxygens (including phenoxy) is 1. The van der Waals surface area contributed by atoms with Crippen molar-refractivity contribution in [1.29, 1.82) is 0 Å². The van der Waals surface area contributed by atoms with Gasteiger partial charge in [-0.2, -0.15) is 0 Å². The van der Waals surface area contributed by atoms with E-state index in [-0.39, 0.29) is 5.97 Å². The van der Waals surface area contributed by atoms with Crippen molar-refractivity contribution in [3.63, 3.8) is 0 Å². The Morgan fingerprint density at radius 1 is 1.45 bits per heavy atom. The first-order chi connectivity index (χ1) is 10.7. The van der Waals surface area contributed by atoms with E-state index in [1.54, 1.807) is 18.4 Å². The maximum Gasteiger partial charge on any atom is 0.305 e. The summed E-state index contributed by atoms with van der Waals surface area (Å²) in [7, 11) is 1.75. The van der Waals surface area contributed by atoms with Gasteiger partial charge in [0.05, 0.1) is 6.61 Å². The van der Waals surface area contributed by atoms with Gasteiger partial charge in [-0.3, -0.25) is 9.79 Å². The lowest BCUT2D eigenvalue weighted by atomic mass is 10.1. The summed E-state index contributed by atoms with van der Waals surface area (Å²) in [5.74, 6) is 1.18. The highest BCUT2D eigenvalue weighted by atomic mass is 32.1. The monoisotopic (exact) mass is 325 g/mol. The Hall–Kier alpha value is -1.56. The minimum atomic E-state index is -0.142. The second kappa shape index (κ2) is 11.1. The molecule has 1 heterocycles. The molecule has 0 saturated heterocycles. The van der Waals surface area contributed by atoms with E-state index in [9.17, 15) is 4.79 Å². The third-order valence-electron chi connectivity index (χ3n) is 3.13. The van der Waals surface area contributed by atoms with Crippen molar-refractivity contribution in [3.8, 4) is 0 Å². The molecule has 0 aromatic carbocycles. The van der Waals surface area contributed by atoms with Crippen LogP contribution in [-0.4, -0.2) is 38.7 Å². The highest BCUT2D eigenvalue weighted by Crippen LogP contribution is 2.13. The summed E-state index contributed by atoms with van der Waals surface area (Å²) in [5, 5.41) is 8.65. The van der Waals surface area contributed by atoms with Crippen LogP contribution in [0.25, 0.3) is 0 Å². The molecule has 5 nitrogen and oxygen atoms in total. The molecule has 1 aromatic rings. The lowest BCUT2D eigenvalue weighted by Gasteiger charge is -2.15. The van der Waals surface area contributed by atoms with E-state index >= 15 is 0 Å². The molecule has 1 unspecified atom stereocenters. The maximum atomic E-state index is 11.2. The van der Waals surface area contributed by atoms with Gasteiger partial charge in [0.15, 0.2) is 5.96 Å². The fraction of sp³-hybridized carbons (Fsp3) is 0.625. The van der Waals surface area contributed by atoms with Crippen molar-refractivity contribution in [2.75, 3.05) is 26.7 Å². The van der Waals surface area contributed by atoms with Gasteiger partial charge in [0.2, 0.25) is 0 Å². The molecule has 0 radical (unpaired) electrons. The Bertz CT molecular complexity index is 446. The van der Waals surface area contributed by atoms with Crippen LogP contribution in [0.5, 0.6) is 0 Å². The average Bonchev–Trinajstić information content (AvgIpc) is 2.99. The third-order valence-corrected chi connectivity index (χ3v) is 4.03. The molecule has 1 rings (SSSR count). The van der Waals surface area contributed by atoms with Crippen LogP contribution < -0.4 is 10.6 Å². The van der Waals surface area contributed by atoms with Crippen LogP contribution in [0, 0.1) is 5.92 Å². The predicted octanol–water partition coefficient (Wildman–Crippen LogP) is 2.44. The molecule has 0 bridgehead atoms. The summed E-state index contributed by atoms with van der Waals surface area (Å²) in [5.41, 5.74) is 0.